The highest BCUT2D eigenvalue weighted by Gasteiger charge is 2.19. The van der Waals surface area contributed by atoms with Crippen LogP contribution < -0.4 is 5.48 Å². The number of aliphatic hydroxyl groups is 1. The molecular weight excluding hydrogens is 234 g/mol. The van der Waals surface area contributed by atoms with Crippen LogP contribution in [0.3, 0.4) is 0 Å². The number of nitrogens with one attached hydrogen (secondary N) is 1. The van der Waals surface area contributed by atoms with E-state index in [9.17, 15) is 5.11 Å². The Morgan fingerprint density at radius 1 is 1.22 bits per heavy atom. The van der Waals surface area contributed by atoms with Gasteiger partial charge in [-0.3, -0.25) is 4.84 Å². The van der Waals surface area contributed by atoms with E-state index in [4.69, 9.17) is 14.3 Å². The maximum atomic E-state index is 9.69. The van der Waals surface area contributed by atoms with Crippen LogP contribution in [-0.2, 0) is 14.3 Å². The van der Waals surface area contributed by atoms with Crippen molar-refractivity contribution in [3.8, 4) is 0 Å². The number of rotatable bonds is 9. The third-order valence-electron chi connectivity index (χ3n) is 3.30. The van der Waals surface area contributed by atoms with E-state index in [2.05, 4.69) is 12.4 Å². The Balaban J connectivity index is 1.94. The molecule has 0 amide bonds. The topological polar surface area (TPSA) is 60.0 Å². The molecule has 0 aliphatic heterocycles. The van der Waals surface area contributed by atoms with Crippen molar-refractivity contribution in [3.63, 3.8) is 0 Å². The Labute approximate surface area is 110 Å². The molecular formula is C13H27NO4. The first-order chi connectivity index (χ1) is 8.72. The van der Waals surface area contributed by atoms with E-state index in [0.29, 0.717) is 32.5 Å². The first-order valence-corrected chi connectivity index (χ1v) is 6.85. The Bertz CT molecular complexity index is 195. The lowest BCUT2D eigenvalue weighted by Crippen LogP contribution is -2.33. The molecule has 1 saturated carbocycles. The second-order valence-corrected chi connectivity index (χ2v) is 5.06. The summed E-state index contributed by atoms with van der Waals surface area (Å²) in [4.78, 5) is 5.06. The second kappa shape index (κ2) is 9.69. The van der Waals surface area contributed by atoms with E-state index in [1.807, 2.05) is 0 Å². The summed E-state index contributed by atoms with van der Waals surface area (Å²) in [6.45, 7) is 4.06. The van der Waals surface area contributed by atoms with Crippen LogP contribution in [0.25, 0.3) is 0 Å². The van der Waals surface area contributed by atoms with Crippen molar-refractivity contribution in [3.05, 3.63) is 0 Å². The molecule has 2 N–H and O–H groups in total. The highest BCUT2D eigenvalue weighted by molar-refractivity contribution is 4.70. The molecule has 1 aliphatic carbocycles. The summed E-state index contributed by atoms with van der Waals surface area (Å²) in [6, 6.07) is 0. The van der Waals surface area contributed by atoms with Gasteiger partial charge in [-0.2, -0.15) is 5.48 Å². The van der Waals surface area contributed by atoms with Crippen molar-refractivity contribution < 1.29 is 19.4 Å². The van der Waals surface area contributed by atoms with Crippen LogP contribution in [0.5, 0.6) is 0 Å². The first kappa shape index (κ1) is 15.9. The average molecular weight is 261 g/mol. The van der Waals surface area contributed by atoms with E-state index in [-0.39, 0.29) is 0 Å². The van der Waals surface area contributed by atoms with Crippen LogP contribution in [0.1, 0.15) is 32.6 Å². The normalized spacial score (nSPS) is 26.2. The summed E-state index contributed by atoms with van der Waals surface area (Å²) in [7, 11) is 1.62. The summed E-state index contributed by atoms with van der Waals surface area (Å²) >= 11 is 0. The fraction of sp³-hybridized carbons (Fsp3) is 1.00. The lowest BCUT2D eigenvalue weighted by atomic mass is 9.89. The number of ether oxygens (including phenoxy) is 2. The number of hydroxylamine groups is 1. The molecule has 0 aromatic carbocycles. The molecule has 1 unspecified atom stereocenters. The van der Waals surface area contributed by atoms with Crippen LogP contribution in [0.4, 0.5) is 0 Å². The predicted molar refractivity (Wildman–Crippen MR) is 69.2 cm³/mol. The van der Waals surface area contributed by atoms with Crippen molar-refractivity contribution >= 4 is 0 Å². The standard InChI is InChI=1S/C13H27NO4/c1-11-3-5-13(6-4-11)17-10-12(15)9-14-18-8-7-16-2/h11-15H,3-10H2,1-2H3. The minimum absolute atomic E-state index is 0.324. The van der Waals surface area contributed by atoms with Gasteiger partial charge in [0.15, 0.2) is 0 Å². The largest absolute Gasteiger partial charge is 0.389 e. The van der Waals surface area contributed by atoms with Crippen LogP contribution in [0.2, 0.25) is 0 Å². The number of hydrogen-bond donors (Lipinski definition) is 2. The van der Waals surface area contributed by atoms with Gasteiger partial charge in [-0.05, 0) is 31.6 Å². The predicted octanol–water partition coefficient (Wildman–Crippen LogP) is 1.11. The molecule has 1 atom stereocenters. The Kier molecular flexibility index (Phi) is 8.54. The SMILES string of the molecule is COCCONCC(O)COC1CCC(C)CC1. The summed E-state index contributed by atoms with van der Waals surface area (Å²) in [5.74, 6) is 0.825. The van der Waals surface area contributed by atoms with Crippen LogP contribution in [0, 0.1) is 5.92 Å². The monoisotopic (exact) mass is 261 g/mol. The fourth-order valence-corrected chi connectivity index (χ4v) is 2.05. The number of methoxy groups -OCH3 is 1. The number of aliphatic hydroxyl groups excluding tert-OH is 1. The molecule has 18 heavy (non-hydrogen) atoms. The van der Waals surface area contributed by atoms with Crippen molar-refractivity contribution in [2.75, 3.05) is 33.5 Å². The van der Waals surface area contributed by atoms with E-state index in [1.54, 1.807) is 7.11 Å². The molecule has 0 radical (unpaired) electrons. The third-order valence-corrected chi connectivity index (χ3v) is 3.30. The molecule has 0 aromatic heterocycles. The maximum absolute atomic E-state index is 9.69. The second-order valence-electron chi connectivity index (χ2n) is 5.06. The molecule has 1 aliphatic rings. The van der Waals surface area contributed by atoms with Crippen LogP contribution in [-0.4, -0.2) is 50.8 Å². The van der Waals surface area contributed by atoms with Gasteiger partial charge in [-0.15, -0.1) is 0 Å². The smallest absolute Gasteiger partial charge is 0.0921 e. The zero-order chi connectivity index (χ0) is 13.2. The molecule has 1 rings (SSSR count). The zero-order valence-electron chi connectivity index (χ0n) is 11.6. The summed E-state index contributed by atoms with van der Waals surface area (Å²) < 4.78 is 10.5. The summed E-state index contributed by atoms with van der Waals surface area (Å²) in [6.07, 6.45) is 4.51. The molecule has 0 aromatic rings. The molecule has 1 fully saturated rings. The summed E-state index contributed by atoms with van der Waals surface area (Å²) in [5, 5.41) is 9.69. The summed E-state index contributed by atoms with van der Waals surface area (Å²) in [5.41, 5.74) is 2.70. The zero-order valence-corrected chi connectivity index (χ0v) is 11.6. The molecule has 0 heterocycles. The van der Waals surface area contributed by atoms with Gasteiger partial charge in [-0.1, -0.05) is 6.92 Å². The van der Waals surface area contributed by atoms with Crippen LogP contribution in [0.15, 0.2) is 0 Å². The van der Waals surface area contributed by atoms with E-state index in [1.165, 1.54) is 12.8 Å². The quantitative estimate of drug-likeness (QED) is 0.481. The highest BCUT2D eigenvalue weighted by atomic mass is 16.7. The van der Waals surface area contributed by atoms with Crippen LogP contribution >= 0.6 is 0 Å². The molecule has 5 heteroatoms. The van der Waals surface area contributed by atoms with Crippen molar-refractivity contribution in [1.29, 1.82) is 0 Å². The first-order valence-electron chi connectivity index (χ1n) is 6.85. The van der Waals surface area contributed by atoms with Gasteiger partial charge in [0.05, 0.1) is 32.0 Å². The fourth-order valence-electron chi connectivity index (χ4n) is 2.05. The molecule has 5 nitrogen and oxygen atoms in total. The number of hydrogen-bond acceptors (Lipinski definition) is 5. The molecule has 0 bridgehead atoms. The van der Waals surface area contributed by atoms with E-state index in [0.717, 1.165) is 18.8 Å². The van der Waals surface area contributed by atoms with Gasteiger partial charge in [-0.25, -0.2) is 0 Å². The third kappa shape index (κ3) is 7.28. The lowest BCUT2D eigenvalue weighted by molar-refractivity contribution is -0.0526. The minimum atomic E-state index is -0.521. The molecule has 108 valence electrons. The van der Waals surface area contributed by atoms with Gasteiger partial charge < -0.3 is 14.6 Å². The van der Waals surface area contributed by atoms with Gasteiger partial charge in [0.25, 0.3) is 0 Å². The van der Waals surface area contributed by atoms with Gasteiger partial charge in [0.2, 0.25) is 0 Å². The van der Waals surface area contributed by atoms with Crippen molar-refractivity contribution in [1.82, 2.24) is 5.48 Å². The van der Waals surface area contributed by atoms with Gasteiger partial charge >= 0.3 is 0 Å². The molecule has 0 spiro atoms. The minimum Gasteiger partial charge on any atom is -0.389 e. The Morgan fingerprint density at radius 3 is 2.61 bits per heavy atom. The van der Waals surface area contributed by atoms with E-state index >= 15 is 0 Å². The average Bonchev–Trinajstić information content (AvgIpc) is 2.38. The highest BCUT2D eigenvalue weighted by Crippen LogP contribution is 2.25. The molecule has 0 saturated heterocycles. The van der Waals surface area contributed by atoms with E-state index < -0.39 is 6.10 Å². The van der Waals surface area contributed by atoms with Crippen molar-refractivity contribution in [2.24, 2.45) is 5.92 Å². The van der Waals surface area contributed by atoms with Gasteiger partial charge in [0, 0.05) is 13.7 Å². The maximum Gasteiger partial charge on any atom is 0.0921 e. The lowest BCUT2D eigenvalue weighted by Gasteiger charge is -2.27. The van der Waals surface area contributed by atoms with Gasteiger partial charge in [0.1, 0.15) is 0 Å². The Hall–Kier alpha value is -0.200. The van der Waals surface area contributed by atoms with Crippen molar-refractivity contribution in [2.45, 2.75) is 44.8 Å². The Morgan fingerprint density at radius 2 is 1.94 bits per heavy atom.